The van der Waals surface area contributed by atoms with Crippen LogP contribution in [-0.4, -0.2) is 4.98 Å². The molecule has 0 spiro atoms. The van der Waals surface area contributed by atoms with Crippen LogP contribution >= 0.6 is 0 Å². The van der Waals surface area contributed by atoms with Crippen molar-refractivity contribution in [2.75, 3.05) is 0 Å². The largest absolute Gasteiger partial charge is 0.354 e. The molecule has 1 atom stereocenters. The van der Waals surface area contributed by atoms with E-state index >= 15 is 0 Å². The number of hydrogen-bond donors (Lipinski definition) is 2. The molecule has 3 rings (SSSR count). The molecule has 1 unspecified atom stereocenters. The Hall–Kier alpha value is -1.80. The third-order valence-corrected chi connectivity index (χ3v) is 3.41. The fourth-order valence-corrected chi connectivity index (χ4v) is 2.42. The van der Waals surface area contributed by atoms with Crippen LogP contribution in [0.3, 0.4) is 0 Å². The first-order valence-corrected chi connectivity index (χ1v) is 6.06. The van der Waals surface area contributed by atoms with Crippen molar-refractivity contribution in [2.24, 2.45) is 5.73 Å². The van der Waals surface area contributed by atoms with Crippen molar-refractivity contribution in [3.63, 3.8) is 0 Å². The first-order valence-electron chi connectivity index (χ1n) is 6.06. The summed E-state index contributed by atoms with van der Waals surface area (Å²) in [5.74, 6) is 0. The van der Waals surface area contributed by atoms with E-state index < -0.39 is 0 Å². The van der Waals surface area contributed by atoms with Crippen LogP contribution in [0, 0.1) is 0 Å². The van der Waals surface area contributed by atoms with Gasteiger partial charge in [0, 0.05) is 22.3 Å². The number of rotatable bonds is 2. The molecule has 2 nitrogen and oxygen atoms in total. The highest BCUT2D eigenvalue weighted by Gasteiger charge is 2.11. The van der Waals surface area contributed by atoms with Crippen molar-refractivity contribution < 1.29 is 0 Å². The molecule has 0 aliphatic heterocycles. The lowest BCUT2D eigenvalue weighted by Crippen LogP contribution is -2.08. The molecule has 0 aliphatic carbocycles. The van der Waals surface area contributed by atoms with Crippen molar-refractivity contribution in [1.82, 2.24) is 4.98 Å². The van der Waals surface area contributed by atoms with Crippen LogP contribution in [0.2, 0.25) is 0 Å². The molecule has 0 amide bonds. The summed E-state index contributed by atoms with van der Waals surface area (Å²) < 4.78 is 0. The summed E-state index contributed by atoms with van der Waals surface area (Å²) >= 11 is 0. The molecule has 0 saturated heterocycles. The van der Waals surface area contributed by atoms with Gasteiger partial charge in [-0.25, -0.2) is 0 Å². The smallest absolute Gasteiger partial charge is 0.0513 e. The van der Waals surface area contributed by atoms with Crippen molar-refractivity contribution >= 4 is 21.8 Å². The topological polar surface area (TPSA) is 41.8 Å². The molecule has 0 bridgehead atoms. The van der Waals surface area contributed by atoms with E-state index in [1.165, 1.54) is 27.4 Å². The minimum Gasteiger partial charge on any atom is -0.354 e. The number of aromatic nitrogens is 1. The van der Waals surface area contributed by atoms with Crippen LogP contribution in [0.15, 0.2) is 42.5 Å². The summed E-state index contributed by atoms with van der Waals surface area (Å²) in [6.07, 6.45) is 0.953. The Labute approximate surface area is 100 Å². The Bertz CT molecular complexity index is 667. The number of para-hydroxylation sites is 2. The molecule has 17 heavy (non-hydrogen) atoms. The zero-order chi connectivity index (χ0) is 11.8. The molecule has 0 saturated carbocycles. The van der Waals surface area contributed by atoms with Crippen molar-refractivity contribution in [1.29, 1.82) is 0 Å². The highest BCUT2D eigenvalue weighted by molar-refractivity contribution is 6.08. The molecule has 1 heterocycles. The maximum Gasteiger partial charge on any atom is 0.0513 e. The molecule has 2 aromatic carbocycles. The molecule has 0 fully saturated rings. The fourth-order valence-electron chi connectivity index (χ4n) is 2.42. The number of hydrogen-bond acceptors (Lipinski definition) is 1. The zero-order valence-electron chi connectivity index (χ0n) is 9.90. The van der Waals surface area contributed by atoms with E-state index in [1.54, 1.807) is 0 Å². The van der Waals surface area contributed by atoms with Gasteiger partial charge in [-0.1, -0.05) is 43.3 Å². The van der Waals surface area contributed by atoms with E-state index in [-0.39, 0.29) is 6.04 Å². The Kier molecular flexibility index (Phi) is 2.37. The van der Waals surface area contributed by atoms with Gasteiger partial charge in [-0.15, -0.1) is 0 Å². The molecular weight excluding hydrogens is 208 g/mol. The van der Waals surface area contributed by atoms with Crippen molar-refractivity contribution in [3.05, 3.63) is 48.0 Å². The van der Waals surface area contributed by atoms with Crippen molar-refractivity contribution in [3.8, 4) is 0 Å². The summed E-state index contributed by atoms with van der Waals surface area (Å²) in [5, 5.41) is 2.54. The monoisotopic (exact) mass is 224 g/mol. The molecule has 3 aromatic rings. The summed E-state index contributed by atoms with van der Waals surface area (Å²) in [4.78, 5) is 3.48. The van der Waals surface area contributed by atoms with Crippen LogP contribution in [0.25, 0.3) is 21.8 Å². The summed E-state index contributed by atoms with van der Waals surface area (Å²) in [6.45, 7) is 2.12. The van der Waals surface area contributed by atoms with Crippen molar-refractivity contribution in [2.45, 2.75) is 19.4 Å². The van der Waals surface area contributed by atoms with E-state index in [0.29, 0.717) is 0 Å². The molecule has 1 aromatic heterocycles. The predicted molar refractivity (Wildman–Crippen MR) is 73.0 cm³/mol. The van der Waals surface area contributed by atoms with Gasteiger partial charge in [0.05, 0.1) is 5.52 Å². The normalized spacial score (nSPS) is 13.3. The summed E-state index contributed by atoms with van der Waals surface area (Å²) in [5.41, 5.74) is 9.73. The van der Waals surface area contributed by atoms with Gasteiger partial charge in [0.1, 0.15) is 0 Å². The number of H-pyrrole nitrogens is 1. The molecule has 2 heteroatoms. The fraction of sp³-hybridized carbons (Fsp3) is 0.200. The van der Waals surface area contributed by atoms with Gasteiger partial charge in [0.15, 0.2) is 0 Å². The highest BCUT2D eigenvalue weighted by atomic mass is 14.7. The lowest BCUT2D eigenvalue weighted by Gasteiger charge is -2.10. The Balaban J connectivity index is 2.39. The number of benzene rings is 2. The minimum atomic E-state index is 0.103. The maximum atomic E-state index is 6.16. The van der Waals surface area contributed by atoms with Crippen LogP contribution in [0.5, 0.6) is 0 Å². The lowest BCUT2D eigenvalue weighted by atomic mass is 10.0. The number of aromatic amines is 1. The Morgan fingerprint density at radius 3 is 2.65 bits per heavy atom. The average molecular weight is 224 g/mol. The first-order chi connectivity index (χ1) is 8.31. The second-order valence-electron chi connectivity index (χ2n) is 4.46. The minimum absolute atomic E-state index is 0.103. The van der Waals surface area contributed by atoms with E-state index in [2.05, 4.69) is 54.4 Å². The third kappa shape index (κ3) is 1.53. The van der Waals surface area contributed by atoms with Gasteiger partial charge >= 0.3 is 0 Å². The van der Waals surface area contributed by atoms with Crippen LogP contribution in [0.4, 0.5) is 0 Å². The van der Waals surface area contributed by atoms with E-state index in [4.69, 9.17) is 5.73 Å². The molecule has 3 N–H and O–H groups in total. The number of nitrogens with one attached hydrogen (secondary N) is 1. The van der Waals surface area contributed by atoms with Gasteiger partial charge in [-0.3, -0.25) is 0 Å². The Morgan fingerprint density at radius 1 is 1.06 bits per heavy atom. The summed E-state index contributed by atoms with van der Waals surface area (Å²) in [6, 6.07) is 14.8. The molecular formula is C15H16N2. The number of nitrogens with two attached hydrogens (primary N) is 1. The summed E-state index contributed by atoms with van der Waals surface area (Å²) in [7, 11) is 0. The highest BCUT2D eigenvalue weighted by Crippen LogP contribution is 2.30. The second-order valence-corrected chi connectivity index (χ2v) is 4.46. The lowest BCUT2D eigenvalue weighted by molar-refractivity contribution is 0.703. The van der Waals surface area contributed by atoms with Crippen LogP contribution in [-0.2, 0) is 0 Å². The SMILES string of the molecule is CCC(N)c1cccc2c1[nH]c1ccccc12. The third-order valence-electron chi connectivity index (χ3n) is 3.41. The van der Waals surface area contributed by atoms with Gasteiger partial charge in [0.25, 0.3) is 0 Å². The second kappa shape index (κ2) is 3.90. The van der Waals surface area contributed by atoms with E-state index in [1.807, 2.05) is 0 Å². The molecule has 0 aliphatic rings. The van der Waals surface area contributed by atoms with E-state index in [0.717, 1.165) is 6.42 Å². The maximum absolute atomic E-state index is 6.16. The van der Waals surface area contributed by atoms with Gasteiger partial charge < -0.3 is 10.7 Å². The Morgan fingerprint density at radius 2 is 1.82 bits per heavy atom. The standard InChI is InChI=1S/C15H16N2/c1-2-13(16)12-8-5-7-11-10-6-3-4-9-14(10)17-15(11)12/h3-9,13,17H,2,16H2,1H3. The van der Waals surface area contributed by atoms with E-state index in [9.17, 15) is 0 Å². The van der Waals surface area contributed by atoms with Gasteiger partial charge in [0.2, 0.25) is 0 Å². The van der Waals surface area contributed by atoms with Crippen LogP contribution in [0.1, 0.15) is 24.9 Å². The predicted octanol–water partition coefficient (Wildman–Crippen LogP) is 3.73. The van der Waals surface area contributed by atoms with Crippen LogP contribution < -0.4 is 5.73 Å². The van der Waals surface area contributed by atoms with Gasteiger partial charge in [-0.05, 0) is 18.1 Å². The first kappa shape index (κ1) is 10.4. The average Bonchev–Trinajstić information content (AvgIpc) is 2.76. The quantitative estimate of drug-likeness (QED) is 0.684. The van der Waals surface area contributed by atoms with Gasteiger partial charge in [-0.2, -0.15) is 0 Å². The molecule has 86 valence electrons. The number of fused-ring (bicyclic) bond motifs is 3. The molecule has 0 radical (unpaired) electrons. The zero-order valence-corrected chi connectivity index (χ0v) is 9.90.